The molecule has 0 bridgehead atoms. The average molecular weight is 505 g/mol. The Kier molecular flexibility index (Phi) is 11.9. The third-order valence-electron chi connectivity index (χ3n) is 6.13. The molecule has 0 atom stereocenters. The SMILES string of the molecule is CCOc1ccccc1OCCN1CCC(CCC(=O)c2ccc(OC)c(NC(C)=O)c2)CC1.Cl. The number of ketones is 1. The highest BCUT2D eigenvalue weighted by molar-refractivity contribution is 5.99. The molecule has 2 aromatic carbocycles. The maximum atomic E-state index is 12.7. The van der Waals surface area contributed by atoms with Gasteiger partial charge in [-0.2, -0.15) is 0 Å². The molecular weight excluding hydrogens is 468 g/mol. The lowest BCUT2D eigenvalue weighted by atomic mass is 9.90. The number of Topliss-reactive ketones (excluding diaryl/α,β-unsaturated/α-hetero) is 1. The Bertz CT molecular complexity index is 960. The first kappa shape index (κ1) is 28.5. The Morgan fingerprint density at radius 1 is 1.03 bits per heavy atom. The number of likely N-dealkylation sites (tertiary alicyclic amines) is 1. The van der Waals surface area contributed by atoms with E-state index < -0.39 is 0 Å². The van der Waals surface area contributed by atoms with E-state index in [-0.39, 0.29) is 24.1 Å². The minimum atomic E-state index is -0.196. The molecule has 0 radical (unpaired) electrons. The lowest BCUT2D eigenvalue weighted by molar-refractivity contribution is -0.114. The Hall–Kier alpha value is -2.77. The predicted octanol–water partition coefficient (Wildman–Crippen LogP) is 5.23. The van der Waals surface area contributed by atoms with E-state index in [2.05, 4.69) is 10.2 Å². The zero-order valence-electron chi connectivity index (χ0n) is 20.9. The van der Waals surface area contributed by atoms with Crippen molar-refractivity contribution < 1.29 is 23.8 Å². The number of anilines is 1. The van der Waals surface area contributed by atoms with Gasteiger partial charge in [0.25, 0.3) is 0 Å². The Morgan fingerprint density at radius 2 is 1.71 bits per heavy atom. The summed E-state index contributed by atoms with van der Waals surface area (Å²) in [6.07, 6.45) is 3.56. The molecule has 1 aliphatic heterocycles. The number of methoxy groups -OCH3 is 1. The number of hydrogen-bond donors (Lipinski definition) is 1. The zero-order chi connectivity index (χ0) is 24.3. The van der Waals surface area contributed by atoms with Crippen LogP contribution in [0.25, 0.3) is 0 Å². The summed E-state index contributed by atoms with van der Waals surface area (Å²) in [6, 6.07) is 13.0. The fraction of sp³-hybridized carbons (Fsp3) is 0.481. The number of rotatable bonds is 12. The highest BCUT2D eigenvalue weighted by atomic mass is 35.5. The number of benzene rings is 2. The standard InChI is InChI=1S/C27H36N2O5.ClH/c1-4-33-26-7-5-6-8-27(26)34-18-17-29-15-13-21(14-16-29)9-11-24(31)22-10-12-25(32-3)23(19-22)28-20(2)30;/h5-8,10,12,19,21H,4,9,11,13-18H2,1-3H3,(H,28,30);1H. The molecule has 1 saturated heterocycles. The Morgan fingerprint density at radius 3 is 2.34 bits per heavy atom. The third-order valence-corrected chi connectivity index (χ3v) is 6.13. The van der Waals surface area contributed by atoms with Crippen LogP contribution in [0.4, 0.5) is 5.69 Å². The van der Waals surface area contributed by atoms with Crippen molar-refractivity contribution in [2.45, 2.75) is 39.5 Å². The van der Waals surface area contributed by atoms with Gasteiger partial charge in [0.15, 0.2) is 17.3 Å². The zero-order valence-corrected chi connectivity index (χ0v) is 21.7. The average Bonchev–Trinajstić information content (AvgIpc) is 2.84. The van der Waals surface area contributed by atoms with Crippen molar-refractivity contribution in [3.05, 3.63) is 48.0 Å². The number of para-hydroxylation sites is 2. The second-order valence-electron chi connectivity index (χ2n) is 8.57. The number of nitrogens with one attached hydrogen (secondary N) is 1. The summed E-state index contributed by atoms with van der Waals surface area (Å²) in [5.41, 5.74) is 1.13. The van der Waals surface area contributed by atoms with Crippen molar-refractivity contribution in [3.8, 4) is 17.2 Å². The van der Waals surface area contributed by atoms with E-state index in [1.165, 1.54) is 6.92 Å². The van der Waals surface area contributed by atoms with E-state index in [4.69, 9.17) is 14.2 Å². The van der Waals surface area contributed by atoms with E-state index in [1.807, 2.05) is 31.2 Å². The van der Waals surface area contributed by atoms with Gasteiger partial charge >= 0.3 is 0 Å². The summed E-state index contributed by atoms with van der Waals surface area (Å²) in [6.45, 7) is 7.56. The van der Waals surface area contributed by atoms with E-state index in [1.54, 1.807) is 25.3 Å². The lowest BCUT2D eigenvalue weighted by Gasteiger charge is -2.31. The molecule has 0 saturated carbocycles. The minimum absolute atomic E-state index is 0. The smallest absolute Gasteiger partial charge is 0.221 e. The summed E-state index contributed by atoms with van der Waals surface area (Å²) in [7, 11) is 1.54. The molecule has 1 aliphatic rings. The molecule has 0 unspecified atom stereocenters. The third kappa shape index (κ3) is 8.75. The maximum Gasteiger partial charge on any atom is 0.221 e. The monoisotopic (exact) mass is 504 g/mol. The molecule has 1 N–H and O–H groups in total. The number of nitrogens with zero attached hydrogens (tertiary/aromatic N) is 1. The van der Waals surface area contributed by atoms with Gasteiger partial charge in [0.2, 0.25) is 5.91 Å². The van der Waals surface area contributed by atoms with Gasteiger partial charge < -0.3 is 19.5 Å². The molecule has 1 fully saturated rings. The second-order valence-corrected chi connectivity index (χ2v) is 8.57. The topological polar surface area (TPSA) is 77.1 Å². The molecular formula is C27H37ClN2O5. The summed E-state index contributed by atoms with van der Waals surface area (Å²) >= 11 is 0. The van der Waals surface area contributed by atoms with Crippen LogP contribution in [0, 0.1) is 5.92 Å². The van der Waals surface area contributed by atoms with Crippen molar-refractivity contribution in [3.63, 3.8) is 0 Å². The van der Waals surface area contributed by atoms with Crippen LogP contribution in [-0.4, -0.2) is 56.5 Å². The van der Waals surface area contributed by atoms with Gasteiger partial charge in [-0.15, -0.1) is 12.4 Å². The van der Waals surface area contributed by atoms with Crippen molar-refractivity contribution in [1.82, 2.24) is 4.90 Å². The van der Waals surface area contributed by atoms with Gasteiger partial charge in [0.05, 0.1) is 19.4 Å². The number of hydrogen-bond acceptors (Lipinski definition) is 6. The molecule has 0 spiro atoms. The van der Waals surface area contributed by atoms with Crippen LogP contribution in [0.5, 0.6) is 17.2 Å². The van der Waals surface area contributed by atoms with Crippen molar-refractivity contribution >= 4 is 29.8 Å². The van der Waals surface area contributed by atoms with Gasteiger partial charge in [0, 0.05) is 25.5 Å². The van der Waals surface area contributed by atoms with Gasteiger partial charge in [-0.05, 0) is 75.5 Å². The Labute approximate surface area is 214 Å². The van der Waals surface area contributed by atoms with Crippen LogP contribution in [0.3, 0.4) is 0 Å². The van der Waals surface area contributed by atoms with E-state index in [0.29, 0.717) is 42.6 Å². The molecule has 7 nitrogen and oxygen atoms in total. The quantitative estimate of drug-likeness (QED) is 0.399. The second kappa shape index (κ2) is 14.6. The van der Waals surface area contributed by atoms with Crippen LogP contribution >= 0.6 is 12.4 Å². The molecule has 1 amide bonds. The fourth-order valence-corrected chi connectivity index (χ4v) is 4.28. The lowest BCUT2D eigenvalue weighted by Crippen LogP contribution is -2.36. The van der Waals surface area contributed by atoms with Crippen LogP contribution in [0.1, 0.15) is 49.9 Å². The van der Waals surface area contributed by atoms with Gasteiger partial charge in [-0.1, -0.05) is 12.1 Å². The molecule has 0 aliphatic carbocycles. The predicted molar refractivity (Wildman–Crippen MR) is 140 cm³/mol. The number of piperidine rings is 1. The molecule has 0 aromatic heterocycles. The van der Waals surface area contributed by atoms with Crippen LogP contribution in [0.15, 0.2) is 42.5 Å². The van der Waals surface area contributed by atoms with Crippen LogP contribution < -0.4 is 19.5 Å². The highest BCUT2D eigenvalue weighted by Gasteiger charge is 2.21. The summed E-state index contributed by atoms with van der Waals surface area (Å²) in [5.74, 6) is 2.57. The van der Waals surface area contributed by atoms with Gasteiger partial charge in [-0.25, -0.2) is 0 Å². The number of carbonyl (C=O) groups excluding carboxylic acids is 2. The molecule has 35 heavy (non-hydrogen) atoms. The highest BCUT2D eigenvalue weighted by Crippen LogP contribution is 2.28. The first-order chi connectivity index (χ1) is 16.5. The first-order valence-electron chi connectivity index (χ1n) is 12.1. The van der Waals surface area contributed by atoms with Crippen molar-refractivity contribution in [1.29, 1.82) is 0 Å². The van der Waals surface area contributed by atoms with Gasteiger partial charge in [-0.3, -0.25) is 14.5 Å². The van der Waals surface area contributed by atoms with Crippen molar-refractivity contribution in [2.75, 3.05) is 45.3 Å². The molecule has 2 aromatic rings. The minimum Gasteiger partial charge on any atom is -0.495 e. The molecule has 3 rings (SSSR count). The Balaban J connectivity index is 0.00000432. The summed E-state index contributed by atoms with van der Waals surface area (Å²) in [4.78, 5) is 26.6. The number of amides is 1. The maximum absolute atomic E-state index is 12.7. The van der Waals surface area contributed by atoms with Crippen molar-refractivity contribution in [2.24, 2.45) is 5.92 Å². The number of ether oxygens (including phenoxy) is 3. The van der Waals surface area contributed by atoms with Crippen LogP contribution in [-0.2, 0) is 4.79 Å². The largest absolute Gasteiger partial charge is 0.495 e. The molecule has 8 heteroatoms. The summed E-state index contributed by atoms with van der Waals surface area (Å²) < 4.78 is 16.8. The normalized spacial score (nSPS) is 14.0. The number of carbonyl (C=O) groups is 2. The summed E-state index contributed by atoms with van der Waals surface area (Å²) in [5, 5.41) is 2.73. The van der Waals surface area contributed by atoms with Crippen LogP contribution in [0.2, 0.25) is 0 Å². The fourth-order valence-electron chi connectivity index (χ4n) is 4.28. The molecule has 192 valence electrons. The van der Waals surface area contributed by atoms with E-state index in [9.17, 15) is 9.59 Å². The van der Waals surface area contributed by atoms with Gasteiger partial charge in [0.1, 0.15) is 12.4 Å². The van der Waals surface area contributed by atoms with E-state index >= 15 is 0 Å². The number of halogens is 1. The van der Waals surface area contributed by atoms with E-state index in [0.717, 1.165) is 50.4 Å². The first-order valence-corrected chi connectivity index (χ1v) is 12.1. The molecule has 1 heterocycles.